The van der Waals surface area contributed by atoms with Crippen molar-refractivity contribution < 1.29 is 22.7 Å². The van der Waals surface area contributed by atoms with Gasteiger partial charge in [-0.1, -0.05) is 12.1 Å². The normalized spacial score (nSPS) is 26.2. The number of alkyl halides is 3. The van der Waals surface area contributed by atoms with Crippen LogP contribution in [0.5, 0.6) is 5.75 Å². The van der Waals surface area contributed by atoms with E-state index in [1.807, 2.05) is 0 Å². The van der Waals surface area contributed by atoms with Crippen LogP contribution >= 0.6 is 0 Å². The third-order valence-electron chi connectivity index (χ3n) is 4.33. The molecule has 0 heterocycles. The molecule has 1 aromatic rings. The zero-order chi connectivity index (χ0) is 15.7. The molecule has 0 spiro atoms. The topological polar surface area (TPSA) is 50.4 Å². The third kappa shape index (κ3) is 3.64. The summed E-state index contributed by atoms with van der Waals surface area (Å²) in [5, 5.41) is 5.60. The molecule has 3 aliphatic carbocycles. The van der Waals surface area contributed by atoms with Crippen LogP contribution in [0.2, 0.25) is 0 Å². The lowest BCUT2D eigenvalue weighted by Crippen LogP contribution is -2.42. The summed E-state index contributed by atoms with van der Waals surface area (Å²) < 4.78 is 40.3. The van der Waals surface area contributed by atoms with Gasteiger partial charge in [0.1, 0.15) is 5.75 Å². The molecule has 1 unspecified atom stereocenters. The number of halogens is 3. The quantitative estimate of drug-likeness (QED) is 0.897. The van der Waals surface area contributed by atoms with E-state index in [-0.39, 0.29) is 24.4 Å². The number of carbonyl (C=O) groups excluding carboxylic acids is 1. The lowest BCUT2D eigenvalue weighted by atomic mass is 9.84. The zero-order valence-corrected chi connectivity index (χ0v) is 11.8. The van der Waals surface area contributed by atoms with Gasteiger partial charge in [0.05, 0.1) is 0 Å². The van der Waals surface area contributed by atoms with Crippen LogP contribution in [0.25, 0.3) is 0 Å². The van der Waals surface area contributed by atoms with Crippen molar-refractivity contribution in [1.82, 2.24) is 10.6 Å². The number of nitrogens with one attached hydrogen (secondary N) is 2. The molecule has 2 bridgehead atoms. The Balaban J connectivity index is 1.48. The molecule has 0 aliphatic heterocycles. The summed E-state index contributed by atoms with van der Waals surface area (Å²) in [6.07, 6.45) is -1.29. The molecule has 4 nitrogen and oxygen atoms in total. The fourth-order valence-electron chi connectivity index (χ4n) is 3.29. The van der Waals surface area contributed by atoms with E-state index in [1.165, 1.54) is 31.0 Å². The Kier molecular flexibility index (Phi) is 3.88. The van der Waals surface area contributed by atoms with E-state index < -0.39 is 6.36 Å². The molecule has 7 heteroatoms. The van der Waals surface area contributed by atoms with Crippen LogP contribution < -0.4 is 15.4 Å². The summed E-state index contributed by atoms with van der Waals surface area (Å²) in [4.78, 5) is 11.8. The summed E-state index contributed by atoms with van der Waals surface area (Å²) in [7, 11) is 0. The fourth-order valence-corrected chi connectivity index (χ4v) is 3.29. The molecule has 0 radical (unpaired) electrons. The molecule has 2 amide bonds. The van der Waals surface area contributed by atoms with Crippen molar-refractivity contribution in [2.75, 3.05) is 0 Å². The molecule has 3 fully saturated rings. The van der Waals surface area contributed by atoms with E-state index in [1.54, 1.807) is 6.07 Å². The van der Waals surface area contributed by atoms with Crippen molar-refractivity contribution in [1.29, 1.82) is 0 Å². The predicted octanol–water partition coefficient (Wildman–Crippen LogP) is 3.18. The summed E-state index contributed by atoms with van der Waals surface area (Å²) >= 11 is 0. The molecule has 4 rings (SSSR count). The van der Waals surface area contributed by atoms with Crippen LogP contribution in [0.1, 0.15) is 24.8 Å². The zero-order valence-electron chi connectivity index (χ0n) is 11.8. The summed E-state index contributed by atoms with van der Waals surface area (Å²) in [5.74, 6) is 1.06. The molecule has 2 N–H and O–H groups in total. The van der Waals surface area contributed by atoms with Crippen LogP contribution in [0, 0.1) is 11.8 Å². The Morgan fingerprint density at radius 2 is 2.05 bits per heavy atom. The summed E-state index contributed by atoms with van der Waals surface area (Å²) in [5.41, 5.74) is 0.549. The van der Waals surface area contributed by atoms with Crippen LogP contribution in [0.4, 0.5) is 18.0 Å². The van der Waals surface area contributed by atoms with Crippen molar-refractivity contribution in [3.8, 4) is 5.75 Å². The van der Waals surface area contributed by atoms with E-state index in [0.717, 1.165) is 12.3 Å². The average molecular weight is 314 g/mol. The number of ether oxygens (including phenoxy) is 1. The van der Waals surface area contributed by atoms with Crippen molar-refractivity contribution >= 4 is 6.03 Å². The number of benzene rings is 1. The van der Waals surface area contributed by atoms with Gasteiger partial charge in [0.25, 0.3) is 0 Å². The second-order valence-corrected chi connectivity index (χ2v) is 5.96. The first-order chi connectivity index (χ1) is 10.4. The molecule has 0 saturated heterocycles. The first-order valence-electron chi connectivity index (χ1n) is 7.28. The maximum Gasteiger partial charge on any atom is 0.573 e. The van der Waals surface area contributed by atoms with Gasteiger partial charge in [-0.3, -0.25) is 0 Å². The van der Waals surface area contributed by atoms with Crippen molar-refractivity contribution in [2.24, 2.45) is 11.8 Å². The second-order valence-electron chi connectivity index (χ2n) is 5.96. The Bertz CT molecular complexity index is 556. The van der Waals surface area contributed by atoms with E-state index in [0.29, 0.717) is 11.5 Å². The standard InChI is InChI=1S/C15H17F3N2O2/c16-15(17,18)22-12-3-1-2-9(6-12)8-19-14(21)20-13-7-10-4-11(13)5-10/h1-3,6,10-11,13H,4-5,7-8H2,(H2,19,20,21). The lowest BCUT2D eigenvalue weighted by Gasteiger charge is -2.24. The first kappa shape index (κ1) is 15.0. The van der Waals surface area contributed by atoms with Gasteiger partial charge in [-0.25, -0.2) is 4.79 Å². The number of hydrogen-bond acceptors (Lipinski definition) is 2. The highest BCUT2D eigenvalue weighted by molar-refractivity contribution is 5.74. The summed E-state index contributed by atoms with van der Waals surface area (Å²) in [6.45, 7) is 0.154. The van der Waals surface area contributed by atoms with E-state index in [9.17, 15) is 18.0 Å². The third-order valence-corrected chi connectivity index (χ3v) is 4.33. The fraction of sp³-hybridized carbons (Fsp3) is 0.533. The molecular weight excluding hydrogens is 297 g/mol. The van der Waals surface area contributed by atoms with E-state index in [4.69, 9.17) is 0 Å². The van der Waals surface area contributed by atoms with Gasteiger partial charge in [0.15, 0.2) is 0 Å². The van der Waals surface area contributed by atoms with Gasteiger partial charge in [-0.2, -0.15) is 0 Å². The number of carbonyl (C=O) groups is 1. The number of amides is 2. The van der Waals surface area contributed by atoms with E-state index in [2.05, 4.69) is 15.4 Å². The number of hydrogen-bond donors (Lipinski definition) is 2. The maximum atomic E-state index is 12.2. The Labute approximate surface area is 126 Å². The largest absolute Gasteiger partial charge is 0.573 e. The average Bonchev–Trinajstić information content (AvgIpc) is 2.93. The highest BCUT2D eigenvalue weighted by atomic mass is 19.4. The van der Waals surface area contributed by atoms with Gasteiger partial charge in [-0.15, -0.1) is 13.2 Å². The number of rotatable bonds is 4. The minimum atomic E-state index is -4.72. The second kappa shape index (κ2) is 5.70. The smallest absolute Gasteiger partial charge is 0.406 e. The van der Waals surface area contributed by atoms with Gasteiger partial charge in [-0.05, 0) is 48.8 Å². The monoisotopic (exact) mass is 314 g/mol. The van der Waals surface area contributed by atoms with Crippen LogP contribution in [-0.4, -0.2) is 18.4 Å². The molecular formula is C15H17F3N2O2. The lowest BCUT2D eigenvalue weighted by molar-refractivity contribution is -0.274. The minimum absolute atomic E-state index is 0.154. The van der Waals surface area contributed by atoms with Crippen molar-refractivity contribution in [3.63, 3.8) is 0 Å². The molecule has 3 saturated carbocycles. The number of urea groups is 1. The molecule has 1 atom stereocenters. The summed E-state index contributed by atoms with van der Waals surface area (Å²) in [6, 6.07) is 5.55. The Morgan fingerprint density at radius 1 is 1.27 bits per heavy atom. The van der Waals surface area contributed by atoms with Crippen LogP contribution in [0.3, 0.4) is 0 Å². The molecule has 120 valence electrons. The highest BCUT2D eigenvalue weighted by Gasteiger charge is 2.44. The van der Waals surface area contributed by atoms with Gasteiger partial charge in [0, 0.05) is 12.6 Å². The minimum Gasteiger partial charge on any atom is -0.406 e. The first-order valence-corrected chi connectivity index (χ1v) is 7.28. The highest BCUT2D eigenvalue weighted by Crippen LogP contribution is 2.48. The SMILES string of the molecule is O=C(NCc1cccc(OC(F)(F)F)c1)NC1CC2CC1C2. The molecule has 1 aromatic carbocycles. The van der Waals surface area contributed by atoms with Crippen LogP contribution in [-0.2, 0) is 6.54 Å². The van der Waals surface area contributed by atoms with Gasteiger partial charge < -0.3 is 15.4 Å². The van der Waals surface area contributed by atoms with Crippen LogP contribution in [0.15, 0.2) is 24.3 Å². The van der Waals surface area contributed by atoms with Gasteiger partial charge >= 0.3 is 12.4 Å². The molecule has 0 aromatic heterocycles. The Morgan fingerprint density at radius 3 is 2.68 bits per heavy atom. The van der Waals surface area contributed by atoms with Gasteiger partial charge in [0.2, 0.25) is 0 Å². The maximum absolute atomic E-state index is 12.2. The van der Waals surface area contributed by atoms with Crippen molar-refractivity contribution in [3.05, 3.63) is 29.8 Å². The van der Waals surface area contributed by atoms with Crippen molar-refractivity contribution in [2.45, 2.75) is 38.2 Å². The molecule has 22 heavy (non-hydrogen) atoms. The number of fused-ring (bicyclic) bond motifs is 1. The van der Waals surface area contributed by atoms with E-state index >= 15 is 0 Å². The molecule has 3 aliphatic rings. The predicted molar refractivity (Wildman–Crippen MR) is 73.1 cm³/mol. The Hall–Kier alpha value is -1.92.